The zero-order valence-corrected chi connectivity index (χ0v) is 32.0. The van der Waals surface area contributed by atoms with Gasteiger partial charge in [-0.1, -0.05) is 99.0 Å². The van der Waals surface area contributed by atoms with Crippen LogP contribution in [0.4, 0.5) is 0 Å². The van der Waals surface area contributed by atoms with E-state index >= 15 is 0 Å². The zero-order valence-electron chi connectivity index (χ0n) is 28.6. The summed E-state index contributed by atoms with van der Waals surface area (Å²) in [6, 6.07) is 43.5. The van der Waals surface area contributed by atoms with E-state index in [1.54, 1.807) is 6.20 Å². The van der Waals surface area contributed by atoms with E-state index in [1.807, 2.05) is 66.9 Å². The molecule has 0 bridgehead atoms. The third-order valence-corrected chi connectivity index (χ3v) is 10.5. The van der Waals surface area contributed by atoms with Crippen LogP contribution >= 0.6 is 0 Å². The Hall–Kier alpha value is -4.68. The van der Waals surface area contributed by atoms with Gasteiger partial charge < -0.3 is 14.0 Å². The van der Waals surface area contributed by atoms with Crippen LogP contribution in [0.2, 0.25) is 19.6 Å². The molecule has 8 aromatic rings. The zero-order chi connectivity index (χ0) is 33.5. The van der Waals surface area contributed by atoms with Gasteiger partial charge in [-0.05, 0) is 36.0 Å². The van der Waals surface area contributed by atoms with Crippen molar-refractivity contribution in [2.45, 2.75) is 45.8 Å². The van der Waals surface area contributed by atoms with Crippen molar-refractivity contribution >= 4 is 46.2 Å². The van der Waals surface area contributed by atoms with Crippen LogP contribution < -0.4 is 5.19 Å². The fourth-order valence-electron chi connectivity index (χ4n) is 6.01. The monoisotopic (exact) mass is 835 g/mol. The molecule has 8 rings (SSSR count). The molecular formula is C42H38IrN4OSi-2. The van der Waals surface area contributed by atoms with Gasteiger partial charge in [-0.15, -0.1) is 54.1 Å². The molecule has 4 heterocycles. The molecule has 0 saturated heterocycles. The summed E-state index contributed by atoms with van der Waals surface area (Å²) in [7, 11) is -1.47. The van der Waals surface area contributed by atoms with Gasteiger partial charge in [0.25, 0.3) is 0 Å². The third-order valence-electron chi connectivity index (χ3n) is 8.47. The molecule has 49 heavy (non-hydrogen) atoms. The summed E-state index contributed by atoms with van der Waals surface area (Å²) in [6.07, 6.45) is 3.67. The molecule has 0 aliphatic carbocycles. The molecule has 1 radical (unpaired) electrons. The second-order valence-electron chi connectivity index (χ2n) is 14.0. The van der Waals surface area contributed by atoms with Gasteiger partial charge in [-0.3, -0.25) is 9.97 Å². The molecule has 247 valence electrons. The Morgan fingerprint density at radius 2 is 1.51 bits per heavy atom. The summed E-state index contributed by atoms with van der Waals surface area (Å²) in [5.41, 5.74) is 8.42. The molecule has 0 aliphatic rings. The van der Waals surface area contributed by atoms with E-state index in [-0.39, 0.29) is 25.5 Å². The Balaban J connectivity index is 0.000000270. The summed E-state index contributed by atoms with van der Waals surface area (Å²) < 4.78 is 8.79. The number of para-hydroxylation sites is 1. The fraction of sp³-hybridized carbons (Fsp3) is 0.167. The summed E-state index contributed by atoms with van der Waals surface area (Å²) in [4.78, 5) is 14.2. The Morgan fingerprint density at radius 3 is 2.20 bits per heavy atom. The predicted octanol–water partition coefficient (Wildman–Crippen LogP) is 10.2. The quantitative estimate of drug-likeness (QED) is 0.131. The maximum absolute atomic E-state index is 6.58. The van der Waals surface area contributed by atoms with Crippen LogP contribution in [-0.4, -0.2) is 27.6 Å². The smallest absolute Gasteiger partial charge is 0.120 e. The Bertz CT molecular complexity index is 2320. The summed E-state index contributed by atoms with van der Waals surface area (Å²) >= 11 is 0. The van der Waals surface area contributed by atoms with Crippen LogP contribution in [0, 0.1) is 12.1 Å². The SMILES string of the molecule is CC(C)(C)c1nccc2c1nc(-c1[c-]ccc3c1oc1cc([Si](C)(C)C)ccc13)n2-c1ccccc1.[Ir].[c-]1ccccc1-c1ccccn1. The first-order valence-corrected chi connectivity index (χ1v) is 19.8. The first-order valence-electron chi connectivity index (χ1n) is 16.3. The third kappa shape index (κ3) is 6.79. The standard InChI is InChI=1S/C31H30N3OSi.C11H8N.Ir/c1-31(2,3)29-27-25(17-18-32-29)34(20-11-8-7-9-12-20)30(33-27)24-14-10-13-23-22-16-15-21(36(4,5)6)19-26(22)35-28(23)24;1-2-6-10(7-3-1)11-8-4-5-9-12-11;/h7-13,15-19H,1-6H3;1-6,8-9H;/q2*-1;. The molecule has 0 amide bonds. The number of fused-ring (bicyclic) bond motifs is 4. The van der Waals surface area contributed by atoms with Crippen molar-refractivity contribution in [3.05, 3.63) is 139 Å². The van der Waals surface area contributed by atoms with Crippen molar-refractivity contribution < 1.29 is 24.5 Å². The minimum Gasteiger partial charge on any atom is -0.501 e. The van der Waals surface area contributed by atoms with Gasteiger partial charge in [-0.2, -0.15) is 0 Å². The molecule has 0 N–H and O–H groups in total. The molecule has 0 fully saturated rings. The number of furan rings is 1. The second-order valence-corrected chi connectivity index (χ2v) is 19.1. The summed E-state index contributed by atoms with van der Waals surface area (Å²) in [5, 5.41) is 3.60. The molecule has 0 atom stereocenters. The molecule has 0 saturated carbocycles. The van der Waals surface area contributed by atoms with Gasteiger partial charge in [0.15, 0.2) is 0 Å². The average Bonchev–Trinajstić information content (AvgIpc) is 3.67. The average molecular weight is 835 g/mol. The van der Waals surface area contributed by atoms with Crippen LogP contribution in [0.5, 0.6) is 0 Å². The Labute approximate surface area is 302 Å². The van der Waals surface area contributed by atoms with E-state index in [0.717, 1.165) is 67.0 Å². The molecule has 7 heteroatoms. The van der Waals surface area contributed by atoms with Gasteiger partial charge in [0.2, 0.25) is 0 Å². The molecule has 5 nitrogen and oxygen atoms in total. The molecule has 0 aliphatic heterocycles. The fourth-order valence-corrected chi connectivity index (χ4v) is 7.16. The van der Waals surface area contributed by atoms with Crippen molar-refractivity contribution in [1.29, 1.82) is 0 Å². The number of imidazole rings is 1. The number of hydrogen-bond donors (Lipinski definition) is 0. The number of rotatable bonds is 4. The van der Waals surface area contributed by atoms with Gasteiger partial charge in [0.05, 0.1) is 36.2 Å². The summed E-state index contributed by atoms with van der Waals surface area (Å²) in [5.74, 6) is 0.810. The van der Waals surface area contributed by atoms with E-state index in [9.17, 15) is 0 Å². The molecule has 4 aromatic carbocycles. The van der Waals surface area contributed by atoms with Gasteiger partial charge in [0, 0.05) is 49.0 Å². The van der Waals surface area contributed by atoms with E-state index in [0.29, 0.717) is 0 Å². The molecule has 0 spiro atoms. The minimum atomic E-state index is -1.47. The van der Waals surface area contributed by atoms with Crippen LogP contribution in [0.15, 0.2) is 126 Å². The van der Waals surface area contributed by atoms with E-state index in [2.05, 4.69) is 111 Å². The van der Waals surface area contributed by atoms with Crippen LogP contribution in [0.25, 0.3) is 61.3 Å². The normalized spacial score (nSPS) is 11.7. The number of pyridine rings is 2. The number of nitrogens with zero attached hydrogens (tertiary/aromatic N) is 4. The first-order chi connectivity index (χ1) is 23.1. The maximum atomic E-state index is 6.58. The van der Waals surface area contributed by atoms with E-state index < -0.39 is 8.07 Å². The van der Waals surface area contributed by atoms with Gasteiger partial charge in [-0.25, -0.2) is 0 Å². The second kappa shape index (κ2) is 13.7. The minimum absolute atomic E-state index is 0. The molecular weight excluding hydrogens is 797 g/mol. The van der Waals surface area contributed by atoms with Crippen LogP contribution in [0.3, 0.4) is 0 Å². The predicted molar refractivity (Wildman–Crippen MR) is 201 cm³/mol. The Morgan fingerprint density at radius 1 is 0.735 bits per heavy atom. The number of aromatic nitrogens is 4. The van der Waals surface area contributed by atoms with Crippen molar-refractivity contribution in [3.8, 4) is 28.3 Å². The Kier molecular flexibility index (Phi) is 9.54. The van der Waals surface area contributed by atoms with Gasteiger partial charge in [0.1, 0.15) is 5.58 Å². The summed E-state index contributed by atoms with van der Waals surface area (Å²) in [6.45, 7) is 13.6. The number of hydrogen-bond acceptors (Lipinski definition) is 4. The van der Waals surface area contributed by atoms with Crippen molar-refractivity contribution in [1.82, 2.24) is 19.5 Å². The number of benzene rings is 4. The van der Waals surface area contributed by atoms with E-state index in [1.165, 1.54) is 5.19 Å². The van der Waals surface area contributed by atoms with Gasteiger partial charge >= 0.3 is 0 Å². The van der Waals surface area contributed by atoms with E-state index in [4.69, 9.17) is 14.4 Å². The van der Waals surface area contributed by atoms with Crippen LogP contribution in [0.1, 0.15) is 26.5 Å². The van der Waals surface area contributed by atoms with Crippen molar-refractivity contribution in [3.63, 3.8) is 0 Å². The topological polar surface area (TPSA) is 56.7 Å². The molecule has 4 aromatic heterocycles. The van der Waals surface area contributed by atoms with Crippen molar-refractivity contribution in [2.24, 2.45) is 0 Å². The maximum Gasteiger partial charge on any atom is 0.120 e. The molecule has 0 unspecified atom stereocenters. The first kappa shape index (κ1) is 34.2. The van der Waals surface area contributed by atoms with Crippen molar-refractivity contribution in [2.75, 3.05) is 0 Å². The largest absolute Gasteiger partial charge is 0.501 e. The van der Waals surface area contributed by atoms with Crippen LogP contribution in [-0.2, 0) is 25.5 Å².